The van der Waals surface area contributed by atoms with Gasteiger partial charge in [0.1, 0.15) is 0 Å². The third-order valence-corrected chi connectivity index (χ3v) is 6.06. The average Bonchev–Trinajstić information content (AvgIpc) is 3.28. The van der Waals surface area contributed by atoms with Crippen LogP contribution in [0.3, 0.4) is 0 Å². The van der Waals surface area contributed by atoms with E-state index in [0.29, 0.717) is 46.6 Å². The van der Waals surface area contributed by atoms with Crippen LogP contribution in [0.5, 0.6) is 0 Å². The van der Waals surface area contributed by atoms with Crippen molar-refractivity contribution in [3.63, 3.8) is 0 Å². The number of hydrogen-bond acceptors (Lipinski definition) is 6. The van der Waals surface area contributed by atoms with Crippen LogP contribution in [-0.2, 0) is 6.42 Å². The van der Waals surface area contributed by atoms with Gasteiger partial charge in [0.25, 0.3) is 11.6 Å². The van der Waals surface area contributed by atoms with Gasteiger partial charge in [0.05, 0.1) is 22.3 Å². The summed E-state index contributed by atoms with van der Waals surface area (Å²) in [6.45, 7) is 6.27. The smallest absolute Gasteiger partial charge is 0.259 e. The Kier molecular flexibility index (Phi) is 5.56. The molecule has 8 heteroatoms. The summed E-state index contributed by atoms with van der Waals surface area (Å²) in [7, 11) is 0. The molecular weight excluding hydrogens is 412 g/mol. The summed E-state index contributed by atoms with van der Waals surface area (Å²) >= 11 is 1.68. The third kappa shape index (κ3) is 4.20. The lowest BCUT2D eigenvalue weighted by atomic mass is 10.0. The van der Waals surface area contributed by atoms with Gasteiger partial charge in [-0.3, -0.25) is 9.59 Å². The Hall–Kier alpha value is -3.52. The number of aromatic nitrogens is 2. The van der Waals surface area contributed by atoms with Gasteiger partial charge < -0.3 is 15.6 Å². The SMILES string of the molecule is Cc1cc(-c2cc(C(=O)NCCc3cccc(C(N)=O)c3)c3c(C)noc3n2)c(C)s1. The molecule has 0 radical (unpaired) electrons. The van der Waals surface area contributed by atoms with Crippen LogP contribution < -0.4 is 11.1 Å². The van der Waals surface area contributed by atoms with Gasteiger partial charge in [-0.15, -0.1) is 11.3 Å². The fraction of sp³-hybridized carbons (Fsp3) is 0.217. The van der Waals surface area contributed by atoms with E-state index in [1.807, 2.05) is 19.9 Å². The van der Waals surface area contributed by atoms with Gasteiger partial charge in [-0.1, -0.05) is 17.3 Å². The summed E-state index contributed by atoms with van der Waals surface area (Å²) in [5.74, 6) is -0.699. The Balaban J connectivity index is 1.60. The van der Waals surface area contributed by atoms with Gasteiger partial charge in [0.2, 0.25) is 5.91 Å². The topological polar surface area (TPSA) is 111 Å². The van der Waals surface area contributed by atoms with Crippen molar-refractivity contribution >= 4 is 34.3 Å². The molecule has 3 N–H and O–H groups in total. The van der Waals surface area contributed by atoms with E-state index in [1.54, 1.807) is 42.5 Å². The van der Waals surface area contributed by atoms with Crippen LogP contribution in [0.4, 0.5) is 0 Å². The number of amides is 2. The van der Waals surface area contributed by atoms with E-state index in [-0.39, 0.29) is 5.91 Å². The standard InChI is InChI=1S/C23H22N4O3S/c1-12-9-17(14(3)31-12)19-11-18(20-13(2)27-30-23(20)26-19)22(29)25-8-7-15-5-4-6-16(10-15)21(24)28/h4-6,9-11H,7-8H2,1-3H3,(H2,24,28)(H,25,29). The van der Waals surface area contributed by atoms with E-state index >= 15 is 0 Å². The highest BCUT2D eigenvalue weighted by Gasteiger charge is 2.20. The second-order valence-electron chi connectivity index (χ2n) is 7.40. The van der Waals surface area contributed by atoms with Gasteiger partial charge in [-0.25, -0.2) is 4.98 Å². The van der Waals surface area contributed by atoms with Crippen LogP contribution in [0.2, 0.25) is 0 Å². The maximum absolute atomic E-state index is 13.1. The van der Waals surface area contributed by atoms with E-state index in [2.05, 4.69) is 21.5 Å². The van der Waals surface area contributed by atoms with Crippen molar-refractivity contribution in [1.82, 2.24) is 15.5 Å². The largest absolute Gasteiger partial charge is 0.366 e. The summed E-state index contributed by atoms with van der Waals surface area (Å²) in [6, 6.07) is 10.9. The van der Waals surface area contributed by atoms with Crippen LogP contribution in [0, 0.1) is 20.8 Å². The lowest BCUT2D eigenvalue weighted by molar-refractivity contribution is 0.0954. The highest BCUT2D eigenvalue weighted by Crippen LogP contribution is 2.32. The highest BCUT2D eigenvalue weighted by molar-refractivity contribution is 7.12. The summed E-state index contributed by atoms with van der Waals surface area (Å²) in [6.07, 6.45) is 0.569. The minimum Gasteiger partial charge on any atom is -0.366 e. The zero-order chi connectivity index (χ0) is 22.1. The monoisotopic (exact) mass is 434 g/mol. The Morgan fingerprint density at radius 2 is 1.97 bits per heavy atom. The zero-order valence-electron chi connectivity index (χ0n) is 17.5. The number of nitrogens with two attached hydrogens (primary N) is 1. The molecule has 4 aromatic rings. The maximum atomic E-state index is 13.1. The number of primary amides is 1. The molecule has 3 heterocycles. The number of fused-ring (bicyclic) bond motifs is 1. The number of thiophene rings is 1. The molecular formula is C23H22N4O3S. The number of nitrogens with zero attached hydrogens (tertiary/aromatic N) is 2. The normalized spacial score (nSPS) is 11.1. The number of nitrogens with one attached hydrogen (secondary N) is 1. The van der Waals surface area contributed by atoms with Gasteiger partial charge >= 0.3 is 0 Å². The second kappa shape index (κ2) is 8.31. The van der Waals surface area contributed by atoms with Crippen LogP contribution in [0.25, 0.3) is 22.4 Å². The van der Waals surface area contributed by atoms with Crippen molar-refractivity contribution in [1.29, 1.82) is 0 Å². The molecule has 0 bridgehead atoms. The number of benzene rings is 1. The maximum Gasteiger partial charge on any atom is 0.259 e. The van der Waals surface area contributed by atoms with Crippen molar-refractivity contribution < 1.29 is 14.1 Å². The van der Waals surface area contributed by atoms with E-state index in [4.69, 9.17) is 10.3 Å². The van der Waals surface area contributed by atoms with Gasteiger partial charge in [-0.05, 0) is 57.0 Å². The summed E-state index contributed by atoms with van der Waals surface area (Å²) < 4.78 is 5.38. The van der Waals surface area contributed by atoms with Crippen molar-refractivity contribution in [3.05, 3.63) is 68.5 Å². The minimum absolute atomic E-state index is 0.226. The van der Waals surface area contributed by atoms with Crippen molar-refractivity contribution in [2.75, 3.05) is 6.54 Å². The van der Waals surface area contributed by atoms with E-state index in [9.17, 15) is 9.59 Å². The van der Waals surface area contributed by atoms with Crippen molar-refractivity contribution in [3.8, 4) is 11.3 Å². The molecule has 0 atom stereocenters. The molecule has 0 spiro atoms. The molecule has 31 heavy (non-hydrogen) atoms. The lowest BCUT2D eigenvalue weighted by Gasteiger charge is -2.09. The number of carbonyl (C=O) groups excluding carboxylic acids is 2. The number of hydrogen-bond donors (Lipinski definition) is 2. The predicted octanol–water partition coefficient (Wildman–Crippen LogP) is 3.95. The van der Waals surface area contributed by atoms with Crippen molar-refractivity contribution in [2.24, 2.45) is 5.73 Å². The first-order valence-electron chi connectivity index (χ1n) is 9.85. The van der Waals surface area contributed by atoms with Crippen LogP contribution in [0.15, 0.2) is 40.9 Å². The first kappa shape index (κ1) is 20.7. The molecule has 0 aliphatic heterocycles. The molecule has 0 fully saturated rings. The Bertz CT molecular complexity index is 1310. The minimum atomic E-state index is -0.473. The number of rotatable bonds is 6. The molecule has 0 saturated carbocycles. The number of aryl methyl sites for hydroxylation is 3. The number of carbonyl (C=O) groups is 2. The average molecular weight is 435 g/mol. The first-order valence-corrected chi connectivity index (χ1v) is 10.7. The summed E-state index contributed by atoms with van der Waals surface area (Å²) in [5.41, 5.74) is 9.82. The van der Waals surface area contributed by atoms with Gasteiger partial charge in [-0.2, -0.15) is 0 Å². The molecule has 0 aliphatic carbocycles. The van der Waals surface area contributed by atoms with Crippen LogP contribution >= 0.6 is 11.3 Å². The molecule has 0 unspecified atom stereocenters. The Morgan fingerprint density at radius 3 is 2.68 bits per heavy atom. The fourth-order valence-corrected chi connectivity index (χ4v) is 4.53. The van der Waals surface area contributed by atoms with E-state index in [0.717, 1.165) is 16.0 Å². The predicted molar refractivity (Wildman–Crippen MR) is 120 cm³/mol. The molecule has 0 aliphatic rings. The Labute approximate surface area is 183 Å². The lowest BCUT2D eigenvalue weighted by Crippen LogP contribution is -2.26. The molecule has 2 amide bonds. The van der Waals surface area contributed by atoms with E-state index in [1.165, 1.54) is 4.88 Å². The summed E-state index contributed by atoms with van der Waals surface area (Å²) in [5, 5.41) is 7.56. The van der Waals surface area contributed by atoms with Crippen LogP contribution in [0.1, 0.15) is 41.7 Å². The molecule has 0 saturated heterocycles. The number of pyridine rings is 1. The molecule has 1 aromatic carbocycles. The molecule has 7 nitrogen and oxygen atoms in total. The van der Waals surface area contributed by atoms with Crippen LogP contribution in [-0.4, -0.2) is 28.5 Å². The zero-order valence-corrected chi connectivity index (χ0v) is 18.3. The van der Waals surface area contributed by atoms with E-state index < -0.39 is 5.91 Å². The quantitative estimate of drug-likeness (QED) is 0.477. The highest BCUT2D eigenvalue weighted by atomic mass is 32.1. The summed E-state index contributed by atoms with van der Waals surface area (Å²) in [4.78, 5) is 31.3. The second-order valence-corrected chi connectivity index (χ2v) is 8.86. The molecule has 3 aromatic heterocycles. The fourth-order valence-electron chi connectivity index (χ4n) is 3.59. The Morgan fingerprint density at radius 1 is 1.16 bits per heavy atom. The molecule has 4 rings (SSSR count). The molecule has 158 valence electrons. The third-order valence-electron chi connectivity index (χ3n) is 5.09. The van der Waals surface area contributed by atoms with Gasteiger partial charge in [0.15, 0.2) is 0 Å². The first-order chi connectivity index (χ1) is 14.8. The van der Waals surface area contributed by atoms with Gasteiger partial charge in [0, 0.05) is 27.4 Å². The van der Waals surface area contributed by atoms with Crippen molar-refractivity contribution in [2.45, 2.75) is 27.2 Å².